The molecule has 170 valence electrons. The molecule has 2 amide bonds. The molecule has 0 bridgehead atoms. The highest BCUT2D eigenvalue weighted by Gasteiger charge is 2.27. The van der Waals surface area contributed by atoms with Crippen LogP contribution in [0.15, 0.2) is 42.5 Å². The van der Waals surface area contributed by atoms with E-state index in [4.69, 9.17) is 16.3 Å². The average molecular weight is 462 g/mol. The lowest BCUT2D eigenvalue weighted by atomic mass is 9.97. The van der Waals surface area contributed by atoms with Crippen LogP contribution in [-0.4, -0.2) is 35.4 Å². The van der Waals surface area contributed by atoms with Crippen LogP contribution in [-0.2, 0) is 9.53 Å². The molecule has 0 spiro atoms. The summed E-state index contributed by atoms with van der Waals surface area (Å²) in [6.07, 6.45) is 0.598. The van der Waals surface area contributed by atoms with Crippen LogP contribution in [0.25, 0.3) is 0 Å². The quantitative estimate of drug-likeness (QED) is 0.327. The number of carbonyl (C=O) groups excluding carboxylic acids is 3. The zero-order chi connectivity index (χ0) is 23.8. The Labute approximate surface area is 190 Å². The molecule has 2 aromatic rings. The highest BCUT2D eigenvalue weighted by Crippen LogP contribution is 2.25. The zero-order valence-corrected chi connectivity index (χ0v) is 18.6. The second-order valence-corrected chi connectivity index (χ2v) is 7.45. The number of nitrogens with zero attached hydrogens (tertiary/aromatic N) is 1. The van der Waals surface area contributed by atoms with E-state index in [9.17, 15) is 24.5 Å². The largest absolute Gasteiger partial charge is 0.462 e. The van der Waals surface area contributed by atoms with E-state index in [1.165, 1.54) is 24.3 Å². The summed E-state index contributed by atoms with van der Waals surface area (Å²) in [5.74, 6) is -1.78. The number of ether oxygens (including phenoxy) is 1. The number of anilines is 1. The predicted octanol–water partition coefficient (Wildman–Crippen LogP) is 4.21. The number of halogens is 1. The van der Waals surface area contributed by atoms with E-state index in [2.05, 4.69) is 10.6 Å². The molecular weight excluding hydrogens is 438 g/mol. The van der Waals surface area contributed by atoms with Crippen molar-refractivity contribution in [3.8, 4) is 0 Å². The van der Waals surface area contributed by atoms with E-state index >= 15 is 0 Å². The molecule has 0 aromatic heterocycles. The first-order valence-electron chi connectivity index (χ1n) is 10.0. The Balaban J connectivity index is 2.16. The fourth-order valence-corrected chi connectivity index (χ4v) is 3.03. The number of hydrogen-bond acceptors (Lipinski definition) is 6. The molecule has 0 saturated carbocycles. The van der Waals surface area contributed by atoms with Gasteiger partial charge in [0.15, 0.2) is 0 Å². The van der Waals surface area contributed by atoms with E-state index in [0.717, 1.165) is 6.07 Å². The topological polar surface area (TPSA) is 128 Å². The summed E-state index contributed by atoms with van der Waals surface area (Å²) in [7, 11) is 0. The molecule has 2 unspecified atom stereocenters. The number of benzene rings is 2. The van der Waals surface area contributed by atoms with Gasteiger partial charge in [-0.1, -0.05) is 31.9 Å². The molecule has 2 atom stereocenters. The zero-order valence-electron chi connectivity index (χ0n) is 17.9. The summed E-state index contributed by atoms with van der Waals surface area (Å²) < 4.78 is 4.93. The molecular formula is C22H24ClN3O6. The van der Waals surface area contributed by atoms with Crippen molar-refractivity contribution < 1.29 is 24.0 Å². The molecule has 0 aliphatic rings. The number of hydrogen-bond donors (Lipinski definition) is 2. The van der Waals surface area contributed by atoms with Gasteiger partial charge in [-0.2, -0.15) is 0 Å². The van der Waals surface area contributed by atoms with Gasteiger partial charge in [0.05, 0.1) is 17.1 Å². The van der Waals surface area contributed by atoms with Crippen molar-refractivity contribution >= 4 is 40.8 Å². The van der Waals surface area contributed by atoms with Gasteiger partial charge in [0.25, 0.3) is 11.6 Å². The van der Waals surface area contributed by atoms with Crippen LogP contribution in [0.4, 0.5) is 11.4 Å². The van der Waals surface area contributed by atoms with Gasteiger partial charge in [-0.15, -0.1) is 0 Å². The summed E-state index contributed by atoms with van der Waals surface area (Å²) in [5, 5.41) is 16.4. The molecule has 0 heterocycles. The van der Waals surface area contributed by atoms with E-state index < -0.39 is 34.4 Å². The molecule has 2 rings (SSSR count). The molecule has 2 N–H and O–H groups in total. The number of nitrogens with one attached hydrogen (secondary N) is 2. The van der Waals surface area contributed by atoms with Crippen LogP contribution in [0.3, 0.4) is 0 Å². The van der Waals surface area contributed by atoms with Crippen LogP contribution in [0.5, 0.6) is 0 Å². The molecule has 2 aromatic carbocycles. The first-order chi connectivity index (χ1) is 15.2. The number of nitro groups is 1. The summed E-state index contributed by atoms with van der Waals surface area (Å²) in [6, 6.07) is 8.95. The van der Waals surface area contributed by atoms with E-state index in [1.54, 1.807) is 26.0 Å². The minimum absolute atomic E-state index is 0.0148. The van der Waals surface area contributed by atoms with Crippen LogP contribution >= 0.6 is 11.6 Å². The number of esters is 1. The Bertz CT molecular complexity index is 1010. The maximum Gasteiger partial charge on any atom is 0.338 e. The molecule has 10 heteroatoms. The average Bonchev–Trinajstić information content (AvgIpc) is 2.77. The monoisotopic (exact) mass is 461 g/mol. The number of rotatable bonds is 9. The van der Waals surface area contributed by atoms with Crippen molar-refractivity contribution in [1.29, 1.82) is 0 Å². The van der Waals surface area contributed by atoms with E-state index in [-0.39, 0.29) is 23.1 Å². The lowest BCUT2D eigenvalue weighted by molar-refractivity contribution is -0.384. The molecule has 0 fully saturated rings. The van der Waals surface area contributed by atoms with Gasteiger partial charge in [0.1, 0.15) is 11.1 Å². The Morgan fingerprint density at radius 2 is 1.72 bits per heavy atom. The number of nitro benzene ring substituents is 1. The highest BCUT2D eigenvalue weighted by atomic mass is 35.5. The van der Waals surface area contributed by atoms with Crippen LogP contribution in [0.2, 0.25) is 5.02 Å². The number of amides is 2. The van der Waals surface area contributed by atoms with Crippen molar-refractivity contribution in [3.63, 3.8) is 0 Å². The molecule has 0 saturated heterocycles. The summed E-state index contributed by atoms with van der Waals surface area (Å²) in [6.45, 7) is 5.64. The van der Waals surface area contributed by atoms with Crippen molar-refractivity contribution in [2.24, 2.45) is 5.92 Å². The third-order valence-electron chi connectivity index (χ3n) is 4.85. The maximum absolute atomic E-state index is 12.9. The third-order valence-corrected chi connectivity index (χ3v) is 5.17. The fourth-order valence-electron chi connectivity index (χ4n) is 2.84. The normalized spacial score (nSPS) is 12.4. The van der Waals surface area contributed by atoms with Crippen LogP contribution < -0.4 is 10.6 Å². The standard InChI is InChI=1S/C22H24ClN3O6/c1-4-13(3)19(25-20(27)15-8-11-17(23)18(12-15)26(30)31)21(28)24-16-9-6-14(7-10-16)22(29)32-5-2/h6-13,19H,4-5H2,1-3H3,(H,24,28)(H,25,27). The Morgan fingerprint density at radius 3 is 2.28 bits per heavy atom. The Hall–Kier alpha value is -3.46. The van der Waals surface area contributed by atoms with Crippen molar-refractivity contribution in [2.75, 3.05) is 11.9 Å². The van der Waals surface area contributed by atoms with Gasteiger partial charge < -0.3 is 15.4 Å². The molecule has 0 aliphatic carbocycles. The first-order valence-corrected chi connectivity index (χ1v) is 10.4. The summed E-state index contributed by atoms with van der Waals surface area (Å²) in [4.78, 5) is 47.7. The highest BCUT2D eigenvalue weighted by molar-refractivity contribution is 6.32. The van der Waals surface area contributed by atoms with Gasteiger partial charge in [0, 0.05) is 17.3 Å². The Morgan fingerprint density at radius 1 is 1.09 bits per heavy atom. The SMILES string of the molecule is CCOC(=O)c1ccc(NC(=O)C(NC(=O)c2ccc(Cl)c([N+](=O)[O-])c2)C(C)CC)cc1. The summed E-state index contributed by atoms with van der Waals surface area (Å²) in [5.41, 5.74) is 0.403. The second-order valence-electron chi connectivity index (χ2n) is 7.05. The molecule has 32 heavy (non-hydrogen) atoms. The number of carbonyl (C=O) groups is 3. The second kappa shape index (κ2) is 11.2. The molecule has 9 nitrogen and oxygen atoms in total. The summed E-state index contributed by atoms with van der Waals surface area (Å²) >= 11 is 5.80. The van der Waals surface area contributed by atoms with Crippen LogP contribution in [0.1, 0.15) is 47.9 Å². The predicted molar refractivity (Wildman–Crippen MR) is 120 cm³/mol. The third kappa shape index (κ3) is 6.27. The Kier molecular flexibility index (Phi) is 8.71. The van der Waals surface area contributed by atoms with Gasteiger partial charge in [-0.05, 0) is 49.2 Å². The van der Waals surface area contributed by atoms with E-state index in [0.29, 0.717) is 17.7 Å². The lowest BCUT2D eigenvalue weighted by Gasteiger charge is -2.23. The maximum atomic E-state index is 12.9. The molecule has 0 aliphatic heterocycles. The van der Waals surface area contributed by atoms with Crippen molar-refractivity contribution in [2.45, 2.75) is 33.2 Å². The van der Waals surface area contributed by atoms with Gasteiger partial charge in [-0.3, -0.25) is 19.7 Å². The minimum atomic E-state index is -0.896. The van der Waals surface area contributed by atoms with Crippen LogP contribution in [0, 0.1) is 16.0 Å². The smallest absolute Gasteiger partial charge is 0.338 e. The van der Waals surface area contributed by atoms with Gasteiger partial charge in [-0.25, -0.2) is 4.79 Å². The lowest BCUT2D eigenvalue weighted by Crippen LogP contribution is -2.47. The van der Waals surface area contributed by atoms with Crippen molar-refractivity contribution in [1.82, 2.24) is 5.32 Å². The van der Waals surface area contributed by atoms with Gasteiger partial charge >= 0.3 is 5.97 Å². The first kappa shape index (κ1) is 24.8. The minimum Gasteiger partial charge on any atom is -0.462 e. The fraction of sp³-hybridized carbons (Fsp3) is 0.318. The molecule has 0 radical (unpaired) electrons. The van der Waals surface area contributed by atoms with E-state index in [1.807, 2.05) is 6.92 Å². The van der Waals surface area contributed by atoms with Gasteiger partial charge in [0.2, 0.25) is 5.91 Å². The van der Waals surface area contributed by atoms with Crippen molar-refractivity contribution in [3.05, 3.63) is 68.7 Å².